The van der Waals surface area contributed by atoms with E-state index in [1.807, 2.05) is 12.1 Å². The summed E-state index contributed by atoms with van der Waals surface area (Å²) in [5.74, 6) is 1.05. The molecule has 1 aliphatic rings. The van der Waals surface area contributed by atoms with Crippen LogP contribution in [0.25, 0.3) is 0 Å². The van der Waals surface area contributed by atoms with Gasteiger partial charge in [-0.05, 0) is 38.8 Å². The Kier molecular flexibility index (Phi) is 4.70. The molecule has 1 fully saturated rings. The van der Waals surface area contributed by atoms with Crippen molar-refractivity contribution in [1.29, 1.82) is 0 Å². The maximum absolute atomic E-state index is 10.2. The van der Waals surface area contributed by atoms with Crippen LogP contribution in [0.1, 0.15) is 51.1 Å². The topological polar surface area (TPSA) is 32.7 Å². The van der Waals surface area contributed by atoms with Crippen molar-refractivity contribution in [3.8, 4) is 11.5 Å². The number of methoxy groups -OCH3 is 1. The van der Waals surface area contributed by atoms with Gasteiger partial charge in [0.1, 0.15) is 11.5 Å². The van der Waals surface area contributed by atoms with Crippen LogP contribution in [0.4, 0.5) is 0 Å². The van der Waals surface area contributed by atoms with Crippen molar-refractivity contribution in [3.05, 3.63) is 23.8 Å². The van der Waals surface area contributed by atoms with E-state index in [-0.39, 0.29) is 6.04 Å². The maximum atomic E-state index is 10.2. The van der Waals surface area contributed by atoms with E-state index in [0.717, 1.165) is 12.1 Å². The van der Waals surface area contributed by atoms with Gasteiger partial charge < -0.3 is 9.84 Å². The second-order valence-corrected chi connectivity index (χ2v) is 5.40. The quantitative estimate of drug-likeness (QED) is 0.898. The van der Waals surface area contributed by atoms with Crippen molar-refractivity contribution in [2.24, 2.45) is 0 Å². The fourth-order valence-electron chi connectivity index (χ4n) is 3.15. The fraction of sp³-hybridized carbons (Fsp3) is 0.625. The summed E-state index contributed by atoms with van der Waals surface area (Å²) in [4.78, 5) is 2.53. The summed E-state index contributed by atoms with van der Waals surface area (Å²) in [5, 5.41) is 10.2. The third-order valence-corrected chi connectivity index (χ3v) is 4.33. The van der Waals surface area contributed by atoms with Crippen LogP contribution in [-0.4, -0.2) is 29.7 Å². The largest absolute Gasteiger partial charge is 0.507 e. The highest BCUT2D eigenvalue weighted by molar-refractivity contribution is 5.41. The Morgan fingerprint density at radius 1 is 1.42 bits per heavy atom. The lowest BCUT2D eigenvalue weighted by atomic mass is 9.95. The Morgan fingerprint density at radius 2 is 2.21 bits per heavy atom. The molecule has 0 aromatic heterocycles. The first-order valence-corrected chi connectivity index (χ1v) is 7.30. The highest BCUT2D eigenvalue weighted by Gasteiger charge is 2.27. The molecular weight excluding hydrogens is 238 g/mol. The predicted molar refractivity (Wildman–Crippen MR) is 77.7 cm³/mol. The number of aromatic hydroxyl groups is 1. The molecule has 1 aromatic rings. The normalized spacial score (nSPS) is 22.2. The van der Waals surface area contributed by atoms with E-state index in [1.165, 1.54) is 25.7 Å². The summed E-state index contributed by atoms with van der Waals surface area (Å²) < 4.78 is 5.14. The second-order valence-electron chi connectivity index (χ2n) is 5.40. The molecule has 0 spiro atoms. The lowest BCUT2D eigenvalue weighted by Crippen LogP contribution is -2.40. The summed E-state index contributed by atoms with van der Waals surface area (Å²) >= 11 is 0. The molecule has 2 rings (SSSR count). The number of hydrogen-bond acceptors (Lipinski definition) is 3. The predicted octanol–water partition coefficient (Wildman–Crippen LogP) is 3.73. The minimum Gasteiger partial charge on any atom is -0.507 e. The molecule has 106 valence electrons. The fourth-order valence-corrected chi connectivity index (χ4v) is 3.15. The molecule has 0 radical (unpaired) electrons. The van der Waals surface area contributed by atoms with E-state index in [4.69, 9.17) is 4.74 Å². The van der Waals surface area contributed by atoms with Crippen LogP contribution in [0.15, 0.2) is 18.2 Å². The minimum atomic E-state index is 0.260. The summed E-state index contributed by atoms with van der Waals surface area (Å²) in [6.45, 7) is 5.57. The molecule has 1 N–H and O–H groups in total. The van der Waals surface area contributed by atoms with Gasteiger partial charge in [0.05, 0.1) is 7.11 Å². The summed E-state index contributed by atoms with van der Waals surface area (Å²) in [5.41, 5.74) is 1.00. The molecule has 1 aliphatic heterocycles. The molecule has 3 nitrogen and oxygen atoms in total. The van der Waals surface area contributed by atoms with Crippen molar-refractivity contribution in [2.45, 2.75) is 51.6 Å². The highest BCUT2D eigenvalue weighted by atomic mass is 16.5. The minimum absolute atomic E-state index is 0.260. The SMILES string of the molecule is CCC1CCCCN1C(C)c1ccc(OC)cc1O. The first kappa shape index (κ1) is 14.2. The Labute approximate surface area is 116 Å². The Bertz CT molecular complexity index is 419. The monoisotopic (exact) mass is 263 g/mol. The van der Waals surface area contributed by atoms with Crippen LogP contribution in [0.5, 0.6) is 11.5 Å². The van der Waals surface area contributed by atoms with Gasteiger partial charge in [-0.1, -0.05) is 19.4 Å². The van der Waals surface area contributed by atoms with Gasteiger partial charge >= 0.3 is 0 Å². The van der Waals surface area contributed by atoms with E-state index in [9.17, 15) is 5.11 Å². The number of hydrogen-bond donors (Lipinski definition) is 1. The molecule has 0 aliphatic carbocycles. The number of phenolic OH excluding ortho intramolecular Hbond substituents is 1. The number of ether oxygens (including phenoxy) is 1. The third-order valence-electron chi connectivity index (χ3n) is 4.33. The standard InChI is InChI=1S/C16H25NO2/c1-4-13-7-5-6-10-17(13)12(2)15-9-8-14(19-3)11-16(15)18/h8-9,11-13,18H,4-7,10H2,1-3H3. The molecule has 1 saturated heterocycles. The van der Waals surface area contributed by atoms with Gasteiger partial charge in [0.25, 0.3) is 0 Å². The highest BCUT2D eigenvalue weighted by Crippen LogP contribution is 2.35. The van der Waals surface area contributed by atoms with Crippen LogP contribution in [0.3, 0.4) is 0 Å². The molecule has 0 bridgehead atoms. The van der Waals surface area contributed by atoms with Crippen LogP contribution in [-0.2, 0) is 0 Å². The van der Waals surface area contributed by atoms with E-state index < -0.39 is 0 Å². The van der Waals surface area contributed by atoms with E-state index in [2.05, 4.69) is 18.7 Å². The van der Waals surface area contributed by atoms with Gasteiger partial charge in [-0.2, -0.15) is 0 Å². The molecule has 3 heteroatoms. The number of benzene rings is 1. The molecule has 0 saturated carbocycles. The Morgan fingerprint density at radius 3 is 2.84 bits per heavy atom. The molecule has 1 aromatic carbocycles. The molecule has 2 atom stereocenters. The van der Waals surface area contributed by atoms with Crippen molar-refractivity contribution in [2.75, 3.05) is 13.7 Å². The first-order chi connectivity index (χ1) is 9.17. The molecule has 0 amide bonds. The van der Waals surface area contributed by atoms with Gasteiger partial charge in [-0.25, -0.2) is 0 Å². The molecule has 19 heavy (non-hydrogen) atoms. The number of likely N-dealkylation sites (tertiary alicyclic amines) is 1. The van der Waals surface area contributed by atoms with E-state index in [1.54, 1.807) is 13.2 Å². The summed E-state index contributed by atoms with van der Waals surface area (Å²) in [7, 11) is 1.62. The molecule has 2 unspecified atom stereocenters. The Balaban J connectivity index is 2.20. The van der Waals surface area contributed by atoms with Gasteiger partial charge in [-0.3, -0.25) is 4.90 Å². The Hall–Kier alpha value is -1.22. The zero-order valence-electron chi connectivity index (χ0n) is 12.2. The van der Waals surface area contributed by atoms with Crippen LogP contribution in [0.2, 0.25) is 0 Å². The van der Waals surface area contributed by atoms with Gasteiger partial charge in [0.15, 0.2) is 0 Å². The van der Waals surface area contributed by atoms with Crippen molar-refractivity contribution >= 4 is 0 Å². The lowest BCUT2D eigenvalue weighted by molar-refractivity contribution is 0.0987. The zero-order chi connectivity index (χ0) is 13.8. The average molecular weight is 263 g/mol. The number of phenols is 1. The maximum Gasteiger partial charge on any atom is 0.124 e. The smallest absolute Gasteiger partial charge is 0.124 e. The van der Waals surface area contributed by atoms with Crippen molar-refractivity contribution < 1.29 is 9.84 Å². The number of rotatable bonds is 4. The lowest BCUT2D eigenvalue weighted by Gasteiger charge is -2.40. The number of piperidine rings is 1. The van der Waals surface area contributed by atoms with Gasteiger partial charge in [0, 0.05) is 23.7 Å². The second kappa shape index (κ2) is 6.29. The van der Waals surface area contributed by atoms with Crippen LogP contribution < -0.4 is 4.74 Å². The summed E-state index contributed by atoms with van der Waals surface area (Å²) in [6, 6.07) is 6.52. The first-order valence-electron chi connectivity index (χ1n) is 7.30. The summed E-state index contributed by atoms with van der Waals surface area (Å²) in [6.07, 6.45) is 5.05. The molecule has 1 heterocycles. The van der Waals surface area contributed by atoms with E-state index in [0.29, 0.717) is 17.5 Å². The van der Waals surface area contributed by atoms with E-state index >= 15 is 0 Å². The number of nitrogens with zero attached hydrogens (tertiary/aromatic N) is 1. The van der Waals surface area contributed by atoms with Crippen LogP contribution >= 0.6 is 0 Å². The van der Waals surface area contributed by atoms with Crippen LogP contribution in [0, 0.1) is 0 Å². The van der Waals surface area contributed by atoms with Gasteiger partial charge in [0.2, 0.25) is 0 Å². The van der Waals surface area contributed by atoms with Crippen molar-refractivity contribution in [1.82, 2.24) is 4.90 Å². The van der Waals surface area contributed by atoms with Crippen molar-refractivity contribution in [3.63, 3.8) is 0 Å². The third kappa shape index (κ3) is 3.03. The average Bonchev–Trinajstić information content (AvgIpc) is 2.46. The molecular formula is C16H25NO2. The van der Waals surface area contributed by atoms with Gasteiger partial charge in [-0.15, -0.1) is 0 Å². The zero-order valence-corrected chi connectivity index (χ0v) is 12.2.